The molecule has 0 aliphatic carbocycles. The van der Waals surface area contributed by atoms with Crippen LogP contribution >= 0.6 is 0 Å². The molecule has 0 bridgehead atoms. The fraction of sp³-hybridized carbons (Fsp3) is 0.294. The predicted octanol–water partition coefficient (Wildman–Crippen LogP) is 2.49. The van der Waals surface area contributed by atoms with Crippen LogP contribution in [0.5, 0.6) is 0 Å². The lowest BCUT2D eigenvalue weighted by Crippen LogP contribution is -2.32. The standard InChI is InChI=1S/C17H21N3O/c1-13-6-4-5-7-16(13)10-14(2)19-17(21)9-8-15-11-18-20(3)12-15/h4-9,11-12,14H,10H2,1-3H3,(H,19,21)/b9-8+/t14-/m1/s1. The first kappa shape index (κ1) is 15.0. The molecule has 1 amide bonds. The molecule has 2 aromatic rings. The van der Waals surface area contributed by atoms with Crippen LogP contribution in [0, 0.1) is 6.92 Å². The number of aryl methyl sites for hydroxylation is 2. The second-order valence-electron chi connectivity index (χ2n) is 5.32. The maximum Gasteiger partial charge on any atom is 0.244 e. The lowest BCUT2D eigenvalue weighted by atomic mass is 10.0. The Hall–Kier alpha value is -2.36. The molecule has 1 N–H and O–H groups in total. The van der Waals surface area contributed by atoms with Gasteiger partial charge in [0.05, 0.1) is 6.20 Å². The highest BCUT2D eigenvalue weighted by molar-refractivity contribution is 5.91. The maximum atomic E-state index is 11.9. The molecule has 0 fully saturated rings. The molecule has 110 valence electrons. The number of nitrogens with zero attached hydrogens (tertiary/aromatic N) is 2. The summed E-state index contributed by atoms with van der Waals surface area (Å²) >= 11 is 0. The van der Waals surface area contributed by atoms with Gasteiger partial charge in [-0.25, -0.2) is 0 Å². The van der Waals surface area contributed by atoms with Crippen LogP contribution in [0.25, 0.3) is 6.08 Å². The molecule has 0 spiro atoms. The fourth-order valence-corrected chi connectivity index (χ4v) is 2.21. The van der Waals surface area contributed by atoms with Gasteiger partial charge in [0.25, 0.3) is 0 Å². The van der Waals surface area contributed by atoms with Gasteiger partial charge < -0.3 is 5.32 Å². The molecule has 2 rings (SSSR count). The number of hydrogen-bond donors (Lipinski definition) is 1. The highest BCUT2D eigenvalue weighted by Crippen LogP contribution is 2.09. The number of aromatic nitrogens is 2. The van der Waals surface area contributed by atoms with E-state index in [9.17, 15) is 4.79 Å². The van der Waals surface area contributed by atoms with Gasteiger partial charge in [-0.05, 0) is 37.5 Å². The Morgan fingerprint density at radius 1 is 1.43 bits per heavy atom. The zero-order chi connectivity index (χ0) is 15.2. The van der Waals surface area contributed by atoms with E-state index in [2.05, 4.69) is 29.5 Å². The summed E-state index contributed by atoms with van der Waals surface area (Å²) in [7, 11) is 1.85. The molecule has 4 heteroatoms. The normalized spacial score (nSPS) is 12.5. The van der Waals surface area contributed by atoms with Crippen molar-refractivity contribution >= 4 is 12.0 Å². The molecule has 0 unspecified atom stereocenters. The highest BCUT2D eigenvalue weighted by Gasteiger charge is 2.07. The van der Waals surface area contributed by atoms with Crippen LogP contribution < -0.4 is 5.32 Å². The number of amides is 1. The number of hydrogen-bond acceptors (Lipinski definition) is 2. The average molecular weight is 283 g/mol. The minimum atomic E-state index is -0.0834. The van der Waals surface area contributed by atoms with Gasteiger partial charge in [0.2, 0.25) is 5.91 Å². The molecule has 1 heterocycles. The largest absolute Gasteiger partial charge is 0.350 e. The van der Waals surface area contributed by atoms with Crippen LogP contribution in [0.1, 0.15) is 23.6 Å². The van der Waals surface area contributed by atoms with Crippen molar-refractivity contribution in [2.45, 2.75) is 26.3 Å². The van der Waals surface area contributed by atoms with E-state index in [0.29, 0.717) is 0 Å². The monoisotopic (exact) mass is 283 g/mol. The van der Waals surface area contributed by atoms with E-state index in [0.717, 1.165) is 12.0 Å². The van der Waals surface area contributed by atoms with Crippen molar-refractivity contribution in [3.05, 3.63) is 59.4 Å². The van der Waals surface area contributed by atoms with E-state index in [1.54, 1.807) is 23.0 Å². The van der Waals surface area contributed by atoms with Crippen molar-refractivity contribution in [2.24, 2.45) is 7.05 Å². The van der Waals surface area contributed by atoms with E-state index < -0.39 is 0 Å². The summed E-state index contributed by atoms with van der Waals surface area (Å²) < 4.78 is 1.71. The topological polar surface area (TPSA) is 46.9 Å². The molecule has 21 heavy (non-hydrogen) atoms. The lowest BCUT2D eigenvalue weighted by molar-refractivity contribution is -0.117. The number of carbonyl (C=O) groups excluding carboxylic acids is 1. The van der Waals surface area contributed by atoms with Gasteiger partial charge in [-0.15, -0.1) is 0 Å². The van der Waals surface area contributed by atoms with Crippen LogP contribution in [-0.4, -0.2) is 21.7 Å². The molecule has 1 aromatic heterocycles. The third-order valence-electron chi connectivity index (χ3n) is 3.33. The zero-order valence-electron chi connectivity index (χ0n) is 12.7. The molecule has 0 aliphatic rings. The van der Waals surface area contributed by atoms with Crippen LogP contribution in [0.3, 0.4) is 0 Å². The van der Waals surface area contributed by atoms with Gasteiger partial charge in [0, 0.05) is 30.9 Å². The second kappa shape index (κ2) is 6.88. The first-order valence-corrected chi connectivity index (χ1v) is 7.06. The van der Waals surface area contributed by atoms with E-state index >= 15 is 0 Å². The zero-order valence-corrected chi connectivity index (χ0v) is 12.7. The number of carbonyl (C=O) groups is 1. The van der Waals surface area contributed by atoms with Crippen molar-refractivity contribution in [1.82, 2.24) is 15.1 Å². The van der Waals surface area contributed by atoms with Gasteiger partial charge in [-0.1, -0.05) is 24.3 Å². The van der Waals surface area contributed by atoms with Crippen molar-refractivity contribution in [3.8, 4) is 0 Å². The fourth-order valence-electron chi connectivity index (χ4n) is 2.21. The van der Waals surface area contributed by atoms with E-state index in [4.69, 9.17) is 0 Å². The van der Waals surface area contributed by atoms with Crippen LogP contribution in [0.15, 0.2) is 42.7 Å². The first-order chi connectivity index (χ1) is 10.0. The van der Waals surface area contributed by atoms with Gasteiger partial charge in [-0.2, -0.15) is 5.10 Å². The second-order valence-corrected chi connectivity index (χ2v) is 5.32. The smallest absolute Gasteiger partial charge is 0.244 e. The Morgan fingerprint density at radius 3 is 2.86 bits per heavy atom. The Bertz CT molecular complexity index is 643. The van der Waals surface area contributed by atoms with Crippen molar-refractivity contribution in [2.75, 3.05) is 0 Å². The maximum absolute atomic E-state index is 11.9. The van der Waals surface area contributed by atoms with E-state index in [1.807, 2.05) is 32.3 Å². The summed E-state index contributed by atoms with van der Waals surface area (Å²) in [6.45, 7) is 4.11. The van der Waals surface area contributed by atoms with Crippen molar-refractivity contribution < 1.29 is 4.79 Å². The third kappa shape index (κ3) is 4.60. The minimum Gasteiger partial charge on any atom is -0.350 e. The molecular weight excluding hydrogens is 262 g/mol. The number of rotatable bonds is 5. The van der Waals surface area contributed by atoms with Gasteiger partial charge >= 0.3 is 0 Å². The van der Waals surface area contributed by atoms with E-state index in [1.165, 1.54) is 11.1 Å². The first-order valence-electron chi connectivity index (χ1n) is 7.06. The Morgan fingerprint density at radius 2 is 2.19 bits per heavy atom. The van der Waals surface area contributed by atoms with E-state index in [-0.39, 0.29) is 11.9 Å². The molecule has 0 radical (unpaired) electrons. The number of nitrogens with one attached hydrogen (secondary N) is 1. The van der Waals surface area contributed by atoms with Crippen molar-refractivity contribution in [3.63, 3.8) is 0 Å². The van der Waals surface area contributed by atoms with Crippen LogP contribution in [-0.2, 0) is 18.3 Å². The Kier molecular flexibility index (Phi) is 4.93. The molecule has 4 nitrogen and oxygen atoms in total. The quantitative estimate of drug-likeness (QED) is 0.857. The minimum absolute atomic E-state index is 0.0834. The summed E-state index contributed by atoms with van der Waals surface area (Å²) in [5.74, 6) is -0.0834. The Balaban J connectivity index is 1.87. The SMILES string of the molecule is Cc1ccccc1C[C@@H](C)NC(=O)/C=C/c1cnn(C)c1. The van der Waals surface area contributed by atoms with Gasteiger partial charge in [0.15, 0.2) is 0 Å². The molecule has 1 aromatic carbocycles. The van der Waals surface area contributed by atoms with Crippen LogP contribution in [0.2, 0.25) is 0 Å². The lowest BCUT2D eigenvalue weighted by Gasteiger charge is -2.14. The Labute approximate surface area is 125 Å². The summed E-state index contributed by atoms with van der Waals surface area (Å²) in [6, 6.07) is 8.34. The predicted molar refractivity (Wildman–Crippen MR) is 84.7 cm³/mol. The third-order valence-corrected chi connectivity index (χ3v) is 3.33. The van der Waals surface area contributed by atoms with Gasteiger partial charge in [-0.3, -0.25) is 9.48 Å². The average Bonchev–Trinajstić information content (AvgIpc) is 2.85. The van der Waals surface area contributed by atoms with Crippen LogP contribution in [0.4, 0.5) is 0 Å². The molecule has 0 aliphatic heterocycles. The summed E-state index contributed by atoms with van der Waals surface area (Å²) in [5.41, 5.74) is 3.44. The van der Waals surface area contributed by atoms with Crippen molar-refractivity contribution in [1.29, 1.82) is 0 Å². The number of benzene rings is 1. The summed E-state index contributed by atoms with van der Waals surface area (Å²) in [6.07, 6.45) is 7.73. The molecule has 1 atom stereocenters. The molecule has 0 saturated heterocycles. The molecule has 0 saturated carbocycles. The molecular formula is C17H21N3O. The van der Waals surface area contributed by atoms with Gasteiger partial charge in [0.1, 0.15) is 0 Å². The summed E-state index contributed by atoms with van der Waals surface area (Å²) in [4.78, 5) is 11.9. The summed E-state index contributed by atoms with van der Waals surface area (Å²) in [5, 5.41) is 7.03. The highest BCUT2D eigenvalue weighted by atomic mass is 16.1.